The maximum Gasteiger partial charge on any atom is 0.339 e. The minimum absolute atomic E-state index is 0.119. The van der Waals surface area contributed by atoms with Gasteiger partial charge in [0.2, 0.25) is 11.4 Å². The first-order valence-corrected chi connectivity index (χ1v) is 10.2. The third-order valence-electron chi connectivity index (χ3n) is 5.20. The van der Waals surface area contributed by atoms with Crippen molar-refractivity contribution in [1.82, 2.24) is 5.32 Å². The zero-order chi connectivity index (χ0) is 16.0. The zero-order valence-electron chi connectivity index (χ0n) is 12.1. The first-order chi connectivity index (χ1) is 10.5. The number of allylic oxidation sites excluding steroid dienone is 1. The van der Waals surface area contributed by atoms with Gasteiger partial charge in [-0.15, -0.1) is 0 Å². The molecule has 0 radical (unpaired) electrons. The first-order valence-electron chi connectivity index (χ1n) is 7.55. The van der Waals surface area contributed by atoms with E-state index in [1.54, 1.807) is 0 Å². The van der Waals surface area contributed by atoms with Gasteiger partial charge in [-0.1, -0.05) is 50.7 Å². The van der Waals surface area contributed by atoms with Crippen molar-refractivity contribution < 1.29 is 19.4 Å². The number of aliphatic hydroxyl groups excluding tert-OH is 1. The number of halogens is 2. The van der Waals surface area contributed by atoms with Gasteiger partial charge in [0.1, 0.15) is 0 Å². The number of amides is 1. The highest BCUT2D eigenvalue weighted by atomic mass is 127. The van der Waals surface area contributed by atoms with Gasteiger partial charge in [0, 0.05) is 15.7 Å². The summed E-state index contributed by atoms with van der Waals surface area (Å²) in [7, 11) is 0. The standard InChI is InChI=1S/C15H19BrINO4/c16-7-6-10-12(20)18-15(13(21)22-14(10,15)8-17)11(19)9-4-2-1-3-5-9/h2,4,9-11,19H,1,3,5-8H2,(H,18,20)/t9-,10+,11?,14+,15+/m1/s1. The van der Waals surface area contributed by atoms with Crippen molar-refractivity contribution in [1.29, 1.82) is 0 Å². The summed E-state index contributed by atoms with van der Waals surface area (Å²) in [5.74, 6) is -1.22. The summed E-state index contributed by atoms with van der Waals surface area (Å²) in [5.41, 5.74) is -2.22. The molecule has 0 bridgehead atoms. The van der Waals surface area contributed by atoms with Gasteiger partial charge in [-0.25, -0.2) is 4.79 Å². The SMILES string of the molecule is O=C1N[C@@]2(C(O)[C@@H]3C=CCCC3)C(=O)O[C@@]2(CI)[C@H]1CCBr. The lowest BCUT2D eigenvalue weighted by Gasteiger charge is -2.55. The summed E-state index contributed by atoms with van der Waals surface area (Å²) in [5, 5.41) is 14.4. The molecule has 0 spiro atoms. The van der Waals surface area contributed by atoms with E-state index in [0.29, 0.717) is 16.2 Å². The molecule has 5 nitrogen and oxygen atoms in total. The average Bonchev–Trinajstić information content (AvgIpc) is 2.73. The molecule has 1 unspecified atom stereocenters. The number of esters is 1. The monoisotopic (exact) mass is 483 g/mol. The van der Waals surface area contributed by atoms with E-state index in [1.165, 1.54) is 0 Å². The first kappa shape index (κ1) is 16.7. The minimum atomic E-state index is -1.29. The van der Waals surface area contributed by atoms with Crippen LogP contribution in [0, 0.1) is 11.8 Å². The zero-order valence-corrected chi connectivity index (χ0v) is 15.8. The molecule has 0 aromatic carbocycles. The molecule has 0 saturated carbocycles. The van der Waals surface area contributed by atoms with Gasteiger partial charge in [0.25, 0.3) is 0 Å². The molecule has 3 aliphatic rings. The Hall–Kier alpha value is -0.150. The molecular weight excluding hydrogens is 465 g/mol. The van der Waals surface area contributed by atoms with Crippen LogP contribution in [0.1, 0.15) is 25.7 Å². The summed E-state index contributed by atoms with van der Waals surface area (Å²) in [4.78, 5) is 24.8. The van der Waals surface area contributed by atoms with Gasteiger partial charge in [-0.3, -0.25) is 4.79 Å². The summed E-state index contributed by atoms with van der Waals surface area (Å²) >= 11 is 5.51. The quantitative estimate of drug-likeness (QED) is 0.270. The number of nitrogens with one attached hydrogen (secondary N) is 1. The minimum Gasteiger partial charge on any atom is -0.452 e. The lowest BCUT2D eigenvalue weighted by atomic mass is 9.64. The molecule has 122 valence electrons. The molecule has 1 amide bonds. The molecule has 2 saturated heterocycles. The second-order valence-corrected chi connectivity index (χ2v) is 7.76. The van der Waals surface area contributed by atoms with Gasteiger partial charge in [-0.2, -0.15) is 0 Å². The number of alkyl halides is 2. The van der Waals surface area contributed by atoms with E-state index in [9.17, 15) is 14.7 Å². The molecule has 5 atom stereocenters. The van der Waals surface area contributed by atoms with Crippen molar-refractivity contribution in [2.75, 3.05) is 9.76 Å². The second kappa shape index (κ2) is 6.05. The Balaban J connectivity index is 1.98. The highest BCUT2D eigenvalue weighted by molar-refractivity contribution is 14.1. The Labute approximate surface area is 151 Å². The fourth-order valence-corrected chi connectivity index (χ4v) is 5.76. The molecule has 3 rings (SSSR count). The summed E-state index contributed by atoms with van der Waals surface area (Å²) in [6, 6.07) is 0. The molecular formula is C15H19BrINO4. The van der Waals surface area contributed by atoms with E-state index in [-0.39, 0.29) is 11.8 Å². The number of hydrogen-bond acceptors (Lipinski definition) is 4. The summed E-state index contributed by atoms with van der Waals surface area (Å²) in [6.07, 6.45) is 6.45. The molecule has 2 fully saturated rings. The highest BCUT2D eigenvalue weighted by Gasteiger charge is 2.81. The average molecular weight is 484 g/mol. The number of fused-ring (bicyclic) bond motifs is 1. The third-order valence-corrected chi connectivity index (χ3v) is 6.79. The van der Waals surface area contributed by atoms with Gasteiger partial charge in [0.05, 0.1) is 12.0 Å². The smallest absolute Gasteiger partial charge is 0.339 e. The van der Waals surface area contributed by atoms with Crippen LogP contribution in [0.2, 0.25) is 0 Å². The van der Waals surface area contributed by atoms with E-state index < -0.39 is 29.1 Å². The van der Waals surface area contributed by atoms with E-state index in [4.69, 9.17) is 4.74 Å². The normalized spacial score (nSPS) is 41.4. The largest absolute Gasteiger partial charge is 0.452 e. The maximum absolute atomic E-state index is 12.4. The molecule has 1 aliphatic carbocycles. The van der Waals surface area contributed by atoms with E-state index in [1.807, 2.05) is 12.2 Å². The van der Waals surface area contributed by atoms with E-state index in [0.717, 1.165) is 19.3 Å². The molecule has 0 aromatic heterocycles. The number of carbonyl (C=O) groups excluding carboxylic acids is 2. The van der Waals surface area contributed by atoms with Crippen LogP contribution in [0.4, 0.5) is 0 Å². The summed E-state index contributed by atoms with van der Waals surface area (Å²) < 4.78 is 6.00. The topological polar surface area (TPSA) is 75.6 Å². The van der Waals surface area contributed by atoms with Gasteiger partial charge < -0.3 is 15.2 Å². The lowest BCUT2D eigenvalue weighted by Crippen LogP contribution is -2.81. The Bertz CT molecular complexity index is 528. The van der Waals surface area contributed by atoms with Crippen LogP contribution in [0.5, 0.6) is 0 Å². The molecule has 2 N–H and O–H groups in total. The van der Waals surface area contributed by atoms with Crippen molar-refractivity contribution in [3.63, 3.8) is 0 Å². The Kier molecular flexibility index (Phi) is 4.59. The molecule has 0 aromatic rings. The van der Waals surface area contributed by atoms with Gasteiger partial charge in [0.15, 0.2) is 5.60 Å². The Morgan fingerprint density at radius 2 is 2.32 bits per heavy atom. The molecule has 2 heterocycles. The third kappa shape index (κ3) is 2.04. The van der Waals surface area contributed by atoms with Crippen LogP contribution in [-0.4, -0.2) is 44.0 Å². The highest BCUT2D eigenvalue weighted by Crippen LogP contribution is 2.54. The van der Waals surface area contributed by atoms with Crippen molar-refractivity contribution in [2.24, 2.45) is 11.8 Å². The molecule has 7 heteroatoms. The van der Waals surface area contributed by atoms with Crippen LogP contribution in [-0.2, 0) is 14.3 Å². The van der Waals surface area contributed by atoms with E-state index in [2.05, 4.69) is 43.8 Å². The number of carbonyl (C=O) groups is 2. The number of aliphatic hydroxyl groups is 1. The molecule has 2 aliphatic heterocycles. The number of hydrogen-bond donors (Lipinski definition) is 2. The fraction of sp³-hybridized carbons (Fsp3) is 0.733. The van der Waals surface area contributed by atoms with Gasteiger partial charge in [-0.05, 0) is 25.7 Å². The second-order valence-electron chi connectivity index (χ2n) is 6.21. The van der Waals surface area contributed by atoms with Crippen LogP contribution < -0.4 is 5.32 Å². The maximum atomic E-state index is 12.4. The predicted octanol–water partition coefficient (Wildman–Crippen LogP) is 1.70. The summed E-state index contributed by atoms with van der Waals surface area (Å²) in [6.45, 7) is 0. The Morgan fingerprint density at radius 1 is 1.55 bits per heavy atom. The van der Waals surface area contributed by atoms with Crippen molar-refractivity contribution in [3.8, 4) is 0 Å². The van der Waals surface area contributed by atoms with Crippen molar-refractivity contribution >= 4 is 50.4 Å². The number of ether oxygens (including phenoxy) is 1. The molecule has 22 heavy (non-hydrogen) atoms. The van der Waals surface area contributed by atoms with Crippen molar-refractivity contribution in [2.45, 2.75) is 42.9 Å². The van der Waals surface area contributed by atoms with Crippen molar-refractivity contribution in [3.05, 3.63) is 12.2 Å². The van der Waals surface area contributed by atoms with Crippen LogP contribution >= 0.6 is 38.5 Å². The fourth-order valence-electron chi connectivity index (χ4n) is 4.02. The predicted molar refractivity (Wildman–Crippen MR) is 93.0 cm³/mol. The van der Waals surface area contributed by atoms with Crippen LogP contribution in [0.15, 0.2) is 12.2 Å². The lowest BCUT2D eigenvalue weighted by molar-refractivity contribution is -0.235. The van der Waals surface area contributed by atoms with E-state index >= 15 is 0 Å². The van der Waals surface area contributed by atoms with Crippen LogP contribution in [0.25, 0.3) is 0 Å². The number of rotatable bonds is 5. The van der Waals surface area contributed by atoms with Gasteiger partial charge >= 0.3 is 5.97 Å². The Morgan fingerprint density at radius 3 is 2.86 bits per heavy atom. The van der Waals surface area contributed by atoms with Crippen LogP contribution in [0.3, 0.4) is 0 Å².